The average molecular weight is 548 g/mol. The molecule has 4 aliphatic heterocycles. The minimum Gasteiger partial charge on any atom is -0.465 e. The lowest BCUT2D eigenvalue weighted by Gasteiger charge is -2.38. The van der Waals surface area contributed by atoms with Crippen LogP contribution in [-0.2, 0) is 28.6 Å². The van der Waals surface area contributed by atoms with Gasteiger partial charge in [-0.05, 0) is 38.5 Å². The molecule has 1 N–H and O–H groups in total. The van der Waals surface area contributed by atoms with Gasteiger partial charge in [-0.3, -0.25) is 19.3 Å². The molecule has 10 nitrogen and oxygen atoms in total. The molecule has 4 heterocycles. The van der Waals surface area contributed by atoms with Crippen LogP contribution in [0.25, 0.3) is 0 Å². The molecular weight excluding hydrogens is 502 g/mol. The first-order valence-corrected chi connectivity index (χ1v) is 14.3. The number of morpholine rings is 1. The highest BCUT2D eigenvalue weighted by Crippen LogP contribution is 2.65. The van der Waals surface area contributed by atoms with E-state index in [4.69, 9.17) is 14.2 Å². The summed E-state index contributed by atoms with van der Waals surface area (Å²) >= 11 is 0. The van der Waals surface area contributed by atoms with Gasteiger partial charge < -0.3 is 29.1 Å². The van der Waals surface area contributed by atoms with E-state index in [1.807, 2.05) is 19.9 Å². The fourth-order valence-corrected chi connectivity index (χ4v) is 7.09. The van der Waals surface area contributed by atoms with E-state index < -0.39 is 35.0 Å². The summed E-state index contributed by atoms with van der Waals surface area (Å²) in [4.78, 5) is 47.1. The quantitative estimate of drug-likeness (QED) is 0.197. The van der Waals surface area contributed by atoms with Gasteiger partial charge in [-0.15, -0.1) is 13.2 Å². The maximum Gasteiger partial charge on any atom is 0.312 e. The van der Waals surface area contributed by atoms with Crippen LogP contribution in [0.2, 0.25) is 0 Å². The first-order chi connectivity index (χ1) is 18.7. The number of esters is 1. The maximum absolute atomic E-state index is 14.3. The van der Waals surface area contributed by atoms with Crippen LogP contribution in [0.4, 0.5) is 0 Å². The van der Waals surface area contributed by atoms with Crippen LogP contribution in [0.1, 0.15) is 39.5 Å². The number of fused-ring (bicyclic) bond motifs is 1. The third-order valence-corrected chi connectivity index (χ3v) is 9.14. The molecule has 2 amide bonds. The predicted octanol–water partition coefficient (Wildman–Crippen LogP) is 1.24. The Bertz CT molecular complexity index is 938. The van der Waals surface area contributed by atoms with Crippen molar-refractivity contribution in [1.29, 1.82) is 0 Å². The van der Waals surface area contributed by atoms with Crippen LogP contribution in [0, 0.1) is 17.8 Å². The maximum atomic E-state index is 14.3. The minimum absolute atomic E-state index is 0.00331. The molecule has 0 aromatic carbocycles. The number of allylic oxidation sites excluding steroid dienone is 1. The number of hydrogen-bond acceptors (Lipinski definition) is 8. The number of nitrogens with zero attached hydrogens (tertiary/aromatic N) is 3. The van der Waals surface area contributed by atoms with Crippen molar-refractivity contribution >= 4 is 17.8 Å². The molecule has 218 valence electrons. The molecule has 4 aliphatic rings. The Balaban J connectivity index is 1.60. The van der Waals surface area contributed by atoms with Crippen LogP contribution >= 0.6 is 0 Å². The van der Waals surface area contributed by atoms with E-state index in [1.165, 1.54) is 4.90 Å². The first kappa shape index (κ1) is 29.7. The zero-order valence-electron chi connectivity index (χ0n) is 23.5. The SMILES string of the molecule is C=CCCCCOC(=O)[C@H]1[C@H]2C(=O)N(CCO)C(C(=O)N(CC=C)CCN3CCOCC3)C23CC(C)[C@]1(C)O3. The minimum atomic E-state index is -1.15. The number of aliphatic hydroxyl groups excluding tert-OH is 1. The lowest BCUT2D eigenvalue weighted by atomic mass is 9.62. The molecule has 4 saturated heterocycles. The highest BCUT2D eigenvalue weighted by molar-refractivity contribution is 5.98. The lowest BCUT2D eigenvalue weighted by molar-refractivity contribution is -0.162. The Morgan fingerprint density at radius 3 is 2.62 bits per heavy atom. The number of unbranched alkanes of at least 4 members (excludes halogenated alkanes) is 2. The Morgan fingerprint density at radius 1 is 1.21 bits per heavy atom. The van der Waals surface area contributed by atoms with Gasteiger partial charge in [0.25, 0.3) is 0 Å². The van der Waals surface area contributed by atoms with Crippen molar-refractivity contribution in [1.82, 2.24) is 14.7 Å². The zero-order chi connectivity index (χ0) is 28.2. The van der Waals surface area contributed by atoms with Crippen molar-refractivity contribution < 1.29 is 33.7 Å². The predicted molar refractivity (Wildman–Crippen MR) is 145 cm³/mol. The highest BCUT2D eigenvalue weighted by atomic mass is 16.6. The normalized spacial score (nSPS) is 33.7. The molecular formula is C29H45N3O7. The molecule has 0 aromatic heterocycles. The molecule has 6 atom stereocenters. The fourth-order valence-electron chi connectivity index (χ4n) is 7.09. The molecule has 3 unspecified atom stereocenters. The second-order valence-corrected chi connectivity index (χ2v) is 11.4. The van der Waals surface area contributed by atoms with Gasteiger partial charge in [0, 0.05) is 39.3 Å². The summed E-state index contributed by atoms with van der Waals surface area (Å²) in [7, 11) is 0. The number of hydrogen-bond donors (Lipinski definition) is 1. The fraction of sp³-hybridized carbons (Fsp3) is 0.759. The van der Waals surface area contributed by atoms with Crippen molar-refractivity contribution in [2.75, 3.05) is 65.7 Å². The summed E-state index contributed by atoms with van der Waals surface area (Å²) in [6.45, 7) is 15.8. The summed E-state index contributed by atoms with van der Waals surface area (Å²) in [6, 6.07) is -0.929. The smallest absolute Gasteiger partial charge is 0.312 e. The Hall–Kier alpha value is -2.27. The van der Waals surface area contributed by atoms with Crippen LogP contribution < -0.4 is 0 Å². The van der Waals surface area contributed by atoms with E-state index in [2.05, 4.69) is 18.1 Å². The van der Waals surface area contributed by atoms with E-state index in [9.17, 15) is 19.5 Å². The van der Waals surface area contributed by atoms with Crippen molar-refractivity contribution in [3.05, 3.63) is 25.3 Å². The van der Waals surface area contributed by atoms with E-state index in [1.54, 1.807) is 11.0 Å². The molecule has 0 radical (unpaired) electrons. The summed E-state index contributed by atoms with van der Waals surface area (Å²) in [6.07, 6.45) is 6.41. The van der Waals surface area contributed by atoms with Crippen molar-refractivity contribution in [2.24, 2.45) is 17.8 Å². The van der Waals surface area contributed by atoms with Gasteiger partial charge in [-0.25, -0.2) is 0 Å². The van der Waals surface area contributed by atoms with Gasteiger partial charge in [0.1, 0.15) is 17.6 Å². The monoisotopic (exact) mass is 547 g/mol. The number of aliphatic hydroxyl groups is 1. The number of amides is 2. The summed E-state index contributed by atoms with van der Waals surface area (Å²) < 4.78 is 17.8. The lowest BCUT2D eigenvalue weighted by Crippen LogP contribution is -2.57. The topological polar surface area (TPSA) is 109 Å². The van der Waals surface area contributed by atoms with Gasteiger partial charge in [0.05, 0.1) is 37.9 Å². The molecule has 0 saturated carbocycles. The highest BCUT2D eigenvalue weighted by Gasteiger charge is 2.80. The molecule has 4 fully saturated rings. The number of carbonyl (C=O) groups is 3. The van der Waals surface area contributed by atoms with Crippen LogP contribution in [0.5, 0.6) is 0 Å². The van der Waals surface area contributed by atoms with E-state index in [-0.39, 0.29) is 37.5 Å². The van der Waals surface area contributed by atoms with E-state index in [0.29, 0.717) is 45.7 Å². The van der Waals surface area contributed by atoms with Crippen LogP contribution in [0.3, 0.4) is 0 Å². The van der Waals surface area contributed by atoms with Gasteiger partial charge in [-0.2, -0.15) is 0 Å². The average Bonchev–Trinajstić information content (AvgIpc) is 3.43. The molecule has 0 aromatic rings. The second-order valence-electron chi connectivity index (χ2n) is 11.4. The number of rotatable bonds is 14. The molecule has 1 spiro atoms. The van der Waals surface area contributed by atoms with Gasteiger partial charge >= 0.3 is 5.97 Å². The molecule has 2 bridgehead atoms. The van der Waals surface area contributed by atoms with Crippen molar-refractivity contribution in [3.63, 3.8) is 0 Å². The number of likely N-dealkylation sites (tertiary alicyclic amines) is 1. The van der Waals surface area contributed by atoms with Crippen molar-refractivity contribution in [2.45, 2.75) is 56.8 Å². The van der Waals surface area contributed by atoms with E-state index >= 15 is 0 Å². The largest absolute Gasteiger partial charge is 0.465 e. The summed E-state index contributed by atoms with van der Waals surface area (Å²) in [5.41, 5.74) is -2.07. The summed E-state index contributed by atoms with van der Waals surface area (Å²) in [5.74, 6) is -2.71. The molecule has 39 heavy (non-hydrogen) atoms. The molecule has 4 rings (SSSR count). The Labute approximate surface area is 231 Å². The van der Waals surface area contributed by atoms with Crippen LogP contribution in [-0.4, -0.2) is 121 Å². The molecule has 0 aliphatic carbocycles. The van der Waals surface area contributed by atoms with E-state index in [0.717, 1.165) is 25.9 Å². The third kappa shape index (κ3) is 5.40. The standard InChI is InChI=1S/C29H45N3O7/c1-5-7-8-9-17-38-27(36)23-22-25(34)32(13-16-33)24(29(22)20-21(3)28(23,4)39-29)26(35)31(10-6-2)12-11-30-14-18-37-19-15-30/h5-6,21-24,33H,1-2,7-20H2,3-4H3/t21?,22-,23+,24?,28-,29?/m0/s1. The zero-order valence-corrected chi connectivity index (χ0v) is 23.5. The number of ether oxygens (including phenoxy) is 3. The number of β-amino-alcohol motifs (C(OH)–C–C–N with tert-alkyl or cyclic N) is 1. The van der Waals surface area contributed by atoms with Gasteiger partial charge in [0.2, 0.25) is 11.8 Å². The Kier molecular flexibility index (Phi) is 9.52. The van der Waals surface area contributed by atoms with Crippen molar-refractivity contribution in [3.8, 4) is 0 Å². The van der Waals surface area contributed by atoms with Crippen LogP contribution in [0.15, 0.2) is 25.3 Å². The third-order valence-electron chi connectivity index (χ3n) is 9.14. The van der Waals surface area contributed by atoms with Gasteiger partial charge in [0.15, 0.2) is 0 Å². The summed E-state index contributed by atoms with van der Waals surface area (Å²) in [5, 5.41) is 9.86. The van der Waals surface area contributed by atoms with Gasteiger partial charge in [-0.1, -0.05) is 19.1 Å². The number of carbonyl (C=O) groups excluding carboxylic acids is 3. The second kappa shape index (κ2) is 12.5. The first-order valence-electron chi connectivity index (χ1n) is 14.3. The Morgan fingerprint density at radius 2 is 1.95 bits per heavy atom. The molecule has 10 heteroatoms.